The standard InChI is InChI=1S/C9H8BrNO/c10-8-4-2-1-3-7(8)5-6-9(11)12/h1-6H,(H2,11,12)/b6-5-. The molecule has 0 aliphatic rings. The number of rotatable bonds is 2. The van der Waals surface area contributed by atoms with Crippen LogP contribution in [0.15, 0.2) is 34.8 Å². The predicted octanol–water partition coefficient (Wildman–Crippen LogP) is 1.95. The van der Waals surface area contributed by atoms with Crippen molar-refractivity contribution in [3.05, 3.63) is 40.4 Å². The van der Waals surface area contributed by atoms with Crippen molar-refractivity contribution >= 4 is 27.9 Å². The molecular formula is C9H8BrNO. The van der Waals surface area contributed by atoms with Crippen molar-refractivity contribution in [3.8, 4) is 0 Å². The van der Waals surface area contributed by atoms with E-state index in [0.717, 1.165) is 10.0 Å². The van der Waals surface area contributed by atoms with Gasteiger partial charge in [-0.2, -0.15) is 0 Å². The molecule has 1 aromatic rings. The Bertz CT molecular complexity index is 320. The molecule has 1 amide bonds. The molecule has 0 aliphatic carbocycles. The topological polar surface area (TPSA) is 43.1 Å². The monoisotopic (exact) mass is 225 g/mol. The molecule has 0 bridgehead atoms. The second-order valence-corrected chi connectivity index (χ2v) is 3.11. The molecule has 0 atom stereocenters. The summed E-state index contributed by atoms with van der Waals surface area (Å²) in [5.74, 6) is -0.439. The van der Waals surface area contributed by atoms with Gasteiger partial charge < -0.3 is 5.73 Å². The van der Waals surface area contributed by atoms with Gasteiger partial charge in [0.1, 0.15) is 0 Å². The first kappa shape index (κ1) is 9.00. The van der Waals surface area contributed by atoms with E-state index in [1.165, 1.54) is 6.08 Å². The van der Waals surface area contributed by atoms with Gasteiger partial charge in [-0.1, -0.05) is 34.1 Å². The lowest BCUT2D eigenvalue weighted by molar-refractivity contribution is -0.113. The van der Waals surface area contributed by atoms with Crippen LogP contribution in [-0.2, 0) is 4.79 Å². The van der Waals surface area contributed by atoms with Crippen molar-refractivity contribution in [2.45, 2.75) is 0 Å². The van der Waals surface area contributed by atoms with Gasteiger partial charge in [-0.3, -0.25) is 4.79 Å². The Labute approximate surface area is 79.2 Å². The molecule has 0 spiro atoms. The zero-order chi connectivity index (χ0) is 8.97. The maximum absolute atomic E-state index is 10.4. The largest absolute Gasteiger partial charge is 0.366 e. The summed E-state index contributed by atoms with van der Waals surface area (Å²) in [6.07, 6.45) is 3.01. The number of carbonyl (C=O) groups excluding carboxylic acids is 1. The van der Waals surface area contributed by atoms with Crippen molar-refractivity contribution in [2.24, 2.45) is 5.73 Å². The molecule has 0 aromatic heterocycles. The number of carbonyl (C=O) groups is 1. The van der Waals surface area contributed by atoms with E-state index in [4.69, 9.17) is 5.73 Å². The van der Waals surface area contributed by atoms with E-state index in [0.29, 0.717) is 0 Å². The molecule has 2 N–H and O–H groups in total. The number of amides is 1. The van der Waals surface area contributed by atoms with Gasteiger partial charge in [0, 0.05) is 10.5 Å². The van der Waals surface area contributed by atoms with E-state index >= 15 is 0 Å². The van der Waals surface area contributed by atoms with Gasteiger partial charge in [0.15, 0.2) is 0 Å². The van der Waals surface area contributed by atoms with Crippen molar-refractivity contribution in [3.63, 3.8) is 0 Å². The fourth-order valence-corrected chi connectivity index (χ4v) is 1.20. The van der Waals surface area contributed by atoms with Gasteiger partial charge >= 0.3 is 0 Å². The van der Waals surface area contributed by atoms with Gasteiger partial charge in [0.05, 0.1) is 0 Å². The molecule has 12 heavy (non-hydrogen) atoms. The summed E-state index contributed by atoms with van der Waals surface area (Å²) in [7, 11) is 0. The highest BCUT2D eigenvalue weighted by atomic mass is 79.9. The average molecular weight is 226 g/mol. The van der Waals surface area contributed by atoms with Gasteiger partial charge in [0.25, 0.3) is 0 Å². The van der Waals surface area contributed by atoms with Crippen molar-refractivity contribution in [2.75, 3.05) is 0 Å². The molecule has 0 aliphatic heterocycles. The maximum Gasteiger partial charge on any atom is 0.241 e. The van der Waals surface area contributed by atoms with Crippen molar-refractivity contribution < 1.29 is 4.79 Å². The summed E-state index contributed by atoms with van der Waals surface area (Å²) in [6.45, 7) is 0. The summed E-state index contributed by atoms with van der Waals surface area (Å²) in [5, 5.41) is 0. The third-order valence-electron chi connectivity index (χ3n) is 1.33. The molecule has 0 fully saturated rings. The minimum atomic E-state index is -0.439. The van der Waals surface area contributed by atoms with Gasteiger partial charge in [0.2, 0.25) is 5.91 Å². The molecule has 0 radical (unpaired) electrons. The van der Waals surface area contributed by atoms with Crippen molar-refractivity contribution in [1.29, 1.82) is 0 Å². The van der Waals surface area contributed by atoms with Crippen LogP contribution < -0.4 is 5.73 Å². The summed E-state index contributed by atoms with van der Waals surface area (Å²) >= 11 is 3.34. The Kier molecular flexibility index (Phi) is 3.05. The second-order valence-electron chi connectivity index (χ2n) is 2.26. The Balaban J connectivity index is 2.89. The molecule has 2 nitrogen and oxygen atoms in total. The van der Waals surface area contributed by atoms with Crippen LogP contribution in [0.3, 0.4) is 0 Å². The third kappa shape index (κ3) is 2.51. The lowest BCUT2D eigenvalue weighted by atomic mass is 10.2. The Morgan fingerprint density at radius 1 is 1.42 bits per heavy atom. The maximum atomic E-state index is 10.4. The van der Waals surface area contributed by atoms with Crippen LogP contribution in [0.4, 0.5) is 0 Å². The van der Waals surface area contributed by atoms with E-state index in [-0.39, 0.29) is 0 Å². The SMILES string of the molecule is NC(=O)/C=C\c1ccccc1Br. The first-order chi connectivity index (χ1) is 5.70. The van der Waals surface area contributed by atoms with E-state index < -0.39 is 5.91 Å². The quantitative estimate of drug-likeness (QED) is 0.769. The lowest BCUT2D eigenvalue weighted by Gasteiger charge is -1.94. The summed E-state index contributed by atoms with van der Waals surface area (Å²) in [6, 6.07) is 7.60. The molecule has 0 heterocycles. The number of hydrogen-bond acceptors (Lipinski definition) is 1. The van der Waals surface area contributed by atoms with Crippen LogP contribution in [-0.4, -0.2) is 5.91 Å². The molecule has 3 heteroatoms. The Hall–Kier alpha value is -1.09. The minimum absolute atomic E-state index is 0.439. The van der Waals surface area contributed by atoms with E-state index in [1.54, 1.807) is 6.08 Å². The molecule has 0 unspecified atom stereocenters. The molecule has 0 saturated heterocycles. The van der Waals surface area contributed by atoms with Crippen LogP contribution in [0.25, 0.3) is 6.08 Å². The summed E-state index contributed by atoms with van der Waals surface area (Å²) in [4.78, 5) is 10.4. The zero-order valence-corrected chi connectivity index (χ0v) is 7.91. The molecular weight excluding hydrogens is 218 g/mol. The highest BCUT2D eigenvalue weighted by molar-refractivity contribution is 9.10. The second kappa shape index (κ2) is 4.07. The Morgan fingerprint density at radius 3 is 2.67 bits per heavy atom. The molecule has 62 valence electrons. The first-order valence-corrected chi connectivity index (χ1v) is 4.21. The lowest BCUT2D eigenvalue weighted by Crippen LogP contribution is -2.05. The fourth-order valence-electron chi connectivity index (χ4n) is 0.782. The first-order valence-electron chi connectivity index (χ1n) is 3.42. The van der Waals surface area contributed by atoms with Crippen LogP contribution in [0.2, 0.25) is 0 Å². The normalized spacial score (nSPS) is 10.4. The number of benzene rings is 1. The van der Waals surface area contributed by atoms with Crippen LogP contribution >= 0.6 is 15.9 Å². The number of halogens is 1. The summed E-state index contributed by atoms with van der Waals surface area (Å²) in [5.41, 5.74) is 5.89. The molecule has 1 rings (SSSR count). The number of primary amides is 1. The zero-order valence-electron chi connectivity index (χ0n) is 6.33. The number of nitrogens with two attached hydrogens (primary N) is 1. The van der Waals surface area contributed by atoms with Gasteiger partial charge in [-0.25, -0.2) is 0 Å². The minimum Gasteiger partial charge on any atom is -0.366 e. The third-order valence-corrected chi connectivity index (χ3v) is 2.05. The fraction of sp³-hybridized carbons (Fsp3) is 0. The highest BCUT2D eigenvalue weighted by Gasteiger charge is 1.92. The van der Waals surface area contributed by atoms with Crippen LogP contribution in [0.5, 0.6) is 0 Å². The molecule has 1 aromatic carbocycles. The van der Waals surface area contributed by atoms with Gasteiger partial charge in [-0.15, -0.1) is 0 Å². The Morgan fingerprint density at radius 2 is 2.08 bits per heavy atom. The van der Waals surface area contributed by atoms with Gasteiger partial charge in [-0.05, 0) is 17.7 Å². The highest BCUT2D eigenvalue weighted by Crippen LogP contribution is 2.16. The van der Waals surface area contributed by atoms with E-state index in [2.05, 4.69) is 15.9 Å². The number of hydrogen-bond donors (Lipinski definition) is 1. The van der Waals surface area contributed by atoms with E-state index in [1.807, 2.05) is 24.3 Å². The van der Waals surface area contributed by atoms with Crippen LogP contribution in [0.1, 0.15) is 5.56 Å². The smallest absolute Gasteiger partial charge is 0.241 e. The van der Waals surface area contributed by atoms with Crippen molar-refractivity contribution in [1.82, 2.24) is 0 Å². The predicted molar refractivity (Wildman–Crippen MR) is 52.4 cm³/mol. The van der Waals surface area contributed by atoms with Crippen LogP contribution in [0, 0.1) is 0 Å². The summed E-state index contributed by atoms with van der Waals surface area (Å²) < 4.78 is 0.947. The van der Waals surface area contributed by atoms with E-state index in [9.17, 15) is 4.79 Å². The molecule has 0 saturated carbocycles. The average Bonchev–Trinajstić information content (AvgIpc) is 2.03.